The Labute approximate surface area is 310 Å². The first-order valence-corrected chi connectivity index (χ1v) is 18.1. The van der Waals surface area contributed by atoms with Gasteiger partial charge in [0, 0.05) is 49.5 Å². The lowest BCUT2D eigenvalue weighted by atomic mass is 10.00. The van der Waals surface area contributed by atoms with Crippen LogP contribution in [0, 0.1) is 0 Å². The zero-order chi connectivity index (χ0) is 35.6. The summed E-state index contributed by atoms with van der Waals surface area (Å²) in [4.78, 5) is 15.4. The number of para-hydroxylation sites is 4. The standard InChI is InChI=1S/C49H30N4O/c1-2-12-34(13-3-1)49-51-41(30-42(52-49)32-26-28-35(29-27-32)53-43-19-9-5-14-36(43)37-15-6-10-20-44(37)53)31-22-24-33(25-23-31)47-46-39-17-7-11-21-45(39)54-48(46)38-16-4-8-18-40(38)50-47/h1-30H. The summed E-state index contributed by atoms with van der Waals surface area (Å²) in [7, 11) is 0. The Morgan fingerprint density at radius 1 is 0.407 bits per heavy atom. The smallest absolute Gasteiger partial charge is 0.160 e. The summed E-state index contributed by atoms with van der Waals surface area (Å²) in [5, 5.41) is 5.58. The minimum absolute atomic E-state index is 0.682. The Bertz CT molecular complexity index is 3140. The molecule has 0 amide bonds. The second kappa shape index (κ2) is 12.1. The molecule has 11 rings (SSSR count). The Hall–Kier alpha value is -7.37. The van der Waals surface area contributed by atoms with Gasteiger partial charge in [0.2, 0.25) is 0 Å². The molecule has 0 saturated heterocycles. The Kier molecular flexibility index (Phi) is 6.79. The molecule has 5 nitrogen and oxygen atoms in total. The van der Waals surface area contributed by atoms with E-state index in [1.54, 1.807) is 0 Å². The molecule has 0 aliphatic heterocycles. The molecule has 0 aliphatic rings. The van der Waals surface area contributed by atoms with Crippen LogP contribution in [-0.2, 0) is 0 Å². The van der Waals surface area contributed by atoms with Gasteiger partial charge >= 0.3 is 0 Å². The number of pyridine rings is 1. The van der Waals surface area contributed by atoms with Gasteiger partial charge in [-0.1, -0.05) is 133 Å². The monoisotopic (exact) mass is 690 g/mol. The largest absolute Gasteiger partial charge is 0.455 e. The number of nitrogens with zero attached hydrogens (tertiary/aromatic N) is 4. The SMILES string of the molecule is c1ccc(-c2nc(-c3ccc(-c4nc5ccccc5c5oc6ccccc6c45)cc3)cc(-c3ccc(-n4c5ccccc5c5ccccc54)cc3)n2)cc1. The quantitative estimate of drug-likeness (QED) is 0.180. The summed E-state index contributed by atoms with van der Waals surface area (Å²) in [5.74, 6) is 0.682. The predicted octanol–water partition coefficient (Wildman–Crippen LogP) is 12.7. The fraction of sp³-hybridized carbons (Fsp3) is 0. The van der Waals surface area contributed by atoms with Crippen LogP contribution in [-0.4, -0.2) is 19.5 Å². The van der Waals surface area contributed by atoms with E-state index in [0.29, 0.717) is 5.82 Å². The number of hydrogen-bond donors (Lipinski definition) is 0. The summed E-state index contributed by atoms with van der Waals surface area (Å²) in [6, 6.07) is 63.0. The molecule has 4 aromatic heterocycles. The number of benzene rings is 7. The maximum atomic E-state index is 6.44. The van der Waals surface area contributed by atoms with Crippen LogP contribution in [0.25, 0.3) is 105 Å². The Balaban J connectivity index is 1.02. The van der Waals surface area contributed by atoms with Crippen molar-refractivity contribution in [2.75, 3.05) is 0 Å². The molecule has 0 radical (unpaired) electrons. The first kappa shape index (κ1) is 30.3. The van der Waals surface area contributed by atoms with Crippen LogP contribution in [0.2, 0.25) is 0 Å². The fourth-order valence-electron chi connectivity index (χ4n) is 7.86. The van der Waals surface area contributed by atoms with Crippen molar-refractivity contribution in [3.63, 3.8) is 0 Å². The van der Waals surface area contributed by atoms with Crippen molar-refractivity contribution in [3.8, 4) is 50.8 Å². The van der Waals surface area contributed by atoms with Gasteiger partial charge in [0.25, 0.3) is 0 Å². The van der Waals surface area contributed by atoms with E-state index >= 15 is 0 Å². The lowest BCUT2D eigenvalue weighted by Crippen LogP contribution is -1.97. The van der Waals surface area contributed by atoms with Crippen molar-refractivity contribution >= 4 is 54.6 Å². The van der Waals surface area contributed by atoms with Crippen LogP contribution in [0.3, 0.4) is 0 Å². The third kappa shape index (κ3) is 4.83. The summed E-state index contributed by atoms with van der Waals surface area (Å²) in [6.45, 7) is 0. The molecule has 4 heterocycles. The molecule has 54 heavy (non-hydrogen) atoms. The van der Waals surface area contributed by atoms with E-state index in [-0.39, 0.29) is 0 Å². The number of rotatable bonds is 5. The third-order valence-electron chi connectivity index (χ3n) is 10.4. The van der Waals surface area contributed by atoms with Crippen LogP contribution >= 0.6 is 0 Å². The average molecular weight is 691 g/mol. The molecule has 0 saturated carbocycles. The van der Waals surface area contributed by atoms with Gasteiger partial charge in [-0.2, -0.15) is 0 Å². The van der Waals surface area contributed by atoms with Gasteiger partial charge in [-0.05, 0) is 48.5 Å². The van der Waals surface area contributed by atoms with Crippen molar-refractivity contribution in [2.24, 2.45) is 0 Å². The van der Waals surface area contributed by atoms with Crippen molar-refractivity contribution in [2.45, 2.75) is 0 Å². The van der Waals surface area contributed by atoms with E-state index in [4.69, 9.17) is 19.4 Å². The summed E-state index contributed by atoms with van der Waals surface area (Å²) >= 11 is 0. The summed E-state index contributed by atoms with van der Waals surface area (Å²) in [6.07, 6.45) is 0. The van der Waals surface area contributed by atoms with Crippen molar-refractivity contribution in [3.05, 3.63) is 182 Å². The second-order valence-corrected chi connectivity index (χ2v) is 13.6. The predicted molar refractivity (Wildman–Crippen MR) is 221 cm³/mol. The van der Waals surface area contributed by atoms with E-state index in [0.717, 1.165) is 77.9 Å². The van der Waals surface area contributed by atoms with Gasteiger partial charge < -0.3 is 8.98 Å². The highest BCUT2D eigenvalue weighted by molar-refractivity contribution is 6.19. The van der Waals surface area contributed by atoms with Gasteiger partial charge in [0.05, 0.1) is 39.0 Å². The number of furan rings is 1. The number of aromatic nitrogens is 4. The van der Waals surface area contributed by atoms with Crippen LogP contribution < -0.4 is 0 Å². The van der Waals surface area contributed by atoms with Crippen LogP contribution in [0.4, 0.5) is 0 Å². The maximum Gasteiger partial charge on any atom is 0.160 e. The first-order chi connectivity index (χ1) is 26.8. The third-order valence-corrected chi connectivity index (χ3v) is 10.4. The van der Waals surface area contributed by atoms with E-state index in [1.165, 1.54) is 21.8 Å². The minimum atomic E-state index is 0.682. The second-order valence-electron chi connectivity index (χ2n) is 13.6. The highest BCUT2D eigenvalue weighted by Crippen LogP contribution is 2.40. The molecule has 0 bridgehead atoms. The Morgan fingerprint density at radius 2 is 0.944 bits per heavy atom. The van der Waals surface area contributed by atoms with Crippen molar-refractivity contribution < 1.29 is 4.42 Å². The molecule has 0 spiro atoms. The van der Waals surface area contributed by atoms with Gasteiger partial charge in [0.15, 0.2) is 5.82 Å². The molecule has 0 unspecified atom stereocenters. The number of hydrogen-bond acceptors (Lipinski definition) is 4. The zero-order valence-electron chi connectivity index (χ0n) is 29.0. The molecule has 0 atom stereocenters. The molecule has 252 valence electrons. The molecule has 5 heteroatoms. The highest BCUT2D eigenvalue weighted by atomic mass is 16.3. The van der Waals surface area contributed by atoms with Crippen LogP contribution in [0.1, 0.15) is 0 Å². The molecular weight excluding hydrogens is 661 g/mol. The van der Waals surface area contributed by atoms with Gasteiger partial charge in [-0.25, -0.2) is 15.0 Å². The van der Waals surface area contributed by atoms with E-state index in [1.807, 2.05) is 54.6 Å². The molecule has 0 aliphatic carbocycles. The maximum absolute atomic E-state index is 6.44. The van der Waals surface area contributed by atoms with Crippen LogP contribution in [0.5, 0.6) is 0 Å². The van der Waals surface area contributed by atoms with E-state index < -0.39 is 0 Å². The summed E-state index contributed by atoms with van der Waals surface area (Å²) < 4.78 is 8.77. The van der Waals surface area contributed by atoms with E-state index in [2.05, 4.69) is 132 Å². The molecule has 7 aromatic carbocycles. The zero-order valence-corrected chi connectivity index (χ0v) is 29.0. The fourth-order valence-corrected chi connectivity index (χ4v) is 7.86. The first-order valence-electron chi connectivity index (χ1n) is 18.1. The van der Waals surface area contributed by atoms with Gasteiger partial charge in [-0.3, -0.25) is 0 Å². The van der Waals surface area contributed by atoms with Crippen molar-refractivity contribution in [1.29, 1.82) is 0 Å². The normalized spacial score (nSPS) is 11.7. The molecule has 11 aromatic rings. The highest BCUT2D eigenvalue weighted by Gasteiger charge is 2.18. The molecular formula is C49H30N4O. The van der Waals surface area contributed by atoms with Crippen molar-refractivity contribution in [1.82, 2.24) is 19.5 Å². The average Bonchev–Trinajstić information content (AvgIpc) is 3.81. The lowest BCUT2D eigenvalue weighted by molar-refractivity contribution is 0.672. The van der Waals surface area contributed by atoms with Crippen LogP contribution in [0.15, 0.2) is 186 Å². The number of fused-ring (bicyclic) bond motifs is 8. The molecule has 0 N–H and O–H groups in total. The molecule has 0 fully saturated rings. The minimum Gasteiger partial charge on any atom is -0.455 e. The van der Waals surface area contributed by atoms with Gasteiger partial charge in [-0.15, -0.1) is 0 Å². The Morgan fingerprint density at radius 3 is 1.63 bits per heavy atom. The van der Waals surface area contributed by atoms with Gasteiger partial charge in [0.1, 0.15) is 11.2 Å². The summed E-state index contributed by atoms with van der Waals surface area (Å²) in [5.41, 5.74) is 12.7. The topological polar surface area (TPSA) is 56.7 Å². The lowest BCUT2D eigenvalue weighted by Gasteiger charge is -2.12. The van der Waals surface area contributed by atoms with E-state index in [9.17, 15) is 0 Å².